The van der Waals surface area contributed by atoms with E-state index in [2.05, 4.69) is 4.98 Å². The topological polar surface area (TPSA) is 77.5 Å². The van der Waals surface area contributed by atoms with Crippen LogP contribution in [0.1, 0.15) is 25.3 Å². The van der Waals surface area contributed by atoms with Crippen molar-refractivity contribution in [2.24, 2.45) is 5.14 Å². The van der Waals surface area contributed by atoms with Crippen molar-refractivity contribution in [3.05, 3.63) is 29.0 Å². The summed E-state index contributed by atoms with van der Waals surface area (Å²) in [5, 5.41) is 4.85. The van der Waals surface area contributed by atoms with Gasteiger partial charge in [0.2, 0.25) is 0 Å². The van der Waals surface area contributed by atoms with Gasteiger partial charge in [-0.3, -0.25) is 4.40 Å². The molecule has 0 saturated heterocycles. The number of primary sulfonamides is 1. The molecule has 0 saturated carbocycles. The van der Waals surface area contributed by atoms with Gasteiger partial charge in [-0.25, -0.2) is 18.5 Å². The zero-order valence-electron chi connectivity index (χ0n) is 9.38. The number of sulfonamides is 1. The summed E-state index contributed by atoms with van der Waals surface area (Å²) in [6.07, 6.45) is 1.69. The molecular formula is C10H12ClN3O2S. The number of imidazole rings is 1. The van der Waals surface area contributed by atoms with Crippen LogP contribution in [-0.4, -0.2) is 17.8 Å². The first-order valence-electron chi connectivity index (χ1n) is 5.01. The van der Waals surface area contributed by atoms with Crippen molar-refractivity contribution in [1.82, 2.24) is 9.38 Å². The number of nitrogens with two attached hydrogens (primary N) is 1. The summed E-state index contributed by atoms with van der Waals surface area (Å²) < 4.78 is 24.3. The Bertz CT molecular complexity index is 676. The Morgan fingerprint density at radius 1 is 1.41 bits per heavy atom. The van der Waals surface area contributed by atoms with Gasteiger partial charge in [0.15, 0.2) is 10.2 Å². The minimum atomic E-state index is -3.89. The van der Waals surface area contributed by atoms with Gasteiger partial charge in [-0.1, -0.05) is 31.5 Å². The lowest BCUT2D eigenvalue weighted by molar-refractivity contribution is 0.593. The first-order chi connectivity index (χ1) is 7.80. The molecule has 0 aliphatic rings. The average molecular weight is 274 g/mol. The van der Waals surface area contributed by atoms with Crippen LogP contribution in [0.5, 0.6) is 0 Å². The van der Waals surface area contributed by atoms with Crippen LogP contribution < -0.4 is 5.14 Å². The van der Waals surface area contributed by atoms with Gasteiger partial charge in [-0.2, -0.15) is 0 Å². The van der Waals surface area contributed by atoms with E-state index in [0.717, 1.165) is 5.56 Å². The van der Waals surface area contributed by atoms with Crippen molar-refractivity contribution in [2.75, 3.05) is 0 Å². The van der Waals surface area contributed by atoms with Crippen LogP contribution >= 0.6 is 11.6 Å². The first kappa shape index (κ1) is 12.3. The van der Waals surface area contributed by atoms with Gasteiger partial charge in [-0.05, 0) is 17.5 Å². The molecule has 0 bridgehead atoms. The number of rotatable bonds is 2. The molecule has 2 heterocycles. The molecule has 7 heteroatoms. The van der Waals surface area contributed by atoms with Gasteiger partial charge in [0.05, 0.1) is 0 Å². The maximum atomic E-state index is 11.4. The fraction of sp³-hybridized carbons (Fsp3) is 0.300. The van der Waals surface area contributed by atoms with Gasteiger partial charge in [0, 0.05) is 6.20 Å². The number of aromatic nitrogens is 2. The number of halogens is 1. The van der Waals surface area contributed by atoms with E-state index < -0.39 is 10.0 Å². The maximum absolute atomic E-state index is 11.4. The van der Waals surface area contributed by atoms with Crippen LogP contribution in [-0.2, 0) is 10.0 Å². The third-order valence-electron chi connectivity index (χ3n) is 2.49. The predicted molar refractivity (Wildman–Crippen MR) is 65.7 cm³/mol. The SMILES string of the molecule is CC(C)c1ccc2nc(Cl)c(S(N)(=O)=O)n2c1. The van der Waals surface area contributed by atoms with Crippen LogP contribution in [0, 0.1) is 0 Å². The summed E-state index contributed by atoms with van der Waals surface area (Å²) in [5.74, 6) is 0.272. The van der Waals surface area contributed by atoms with Gasteiger partial charge < -0.3 is 0 Å². The zero-order chi connectivity index (χ0) is 12.8. The lowest BCUT2D eigenvalue weighted by Crippen LogP contribution is -2.15. The van der Waals surface area contributed by atoms with Crippen LogP contribution in [0.25, 0.3) is 5.65 Å². The van der Waals surface area contributed by atoms with Crippen molar-refractivity contribution in [3.8, 4) is 0 Å². The van der Waals surface area contributed by atoms with Crippen LogP contribution in [0.4, 0.5) is 0 Å². The molecule has 0 aliphatic heterocycles. The minimum Gasteiger partial charge on any atom is -0.288 e. The van der Waals surface area contributed by atoms with E-state index in [-0.39, 0.29) is 16.1 Å². The van der Waals surface area contributed by atoms with E-state index in [1.165, 1.54) is 4.40 Å². The third-order valence-corrected chi connectivity index (χ3v) is 3.80. The lowest BCUT2D eigenvalue weighted by Gasteiger charge is -2.06. The fourth-order valence-electron chi connectivity index (χ4n) is 1.61. The molecule has 2 N–H and O–H groups in total. The van der Waals surface area contributed by atoms with Crippen molar-refractivity contribution in [2.45, 2.75) is 24.8 Å². The van der Waals surface area contributed by atoms with E-state index in [0.29, 0.717) is 5.65 Å². The third kappa shape index (κ3) is 2.15. The molecule has 17 heavy (non-hydrogen) atoms. The number of fused-ring (bicyclic) bond motifs is 1. The van der Waals surface area contributed by atoms with Crippen LogP contribution in [0.2, 0.25) is 5.15 Å². The van der Waals surface area contributed by atoms with Crippen molar-refractivity contribution in [1.29, 1.82) is 0 Å². The quantitative estimate of drug-likeness (QED) is 0.906. The van der Waals surface area contributed by atoms with Crippen molar-refractivity contribution >= 4 is 27.3 Å². The molecule has 0 amide bonds. The predicted octanol–water partition coefficient (Wildman–Crippen LogP) is 1.76. The van der Waals surface area contributed by atoms with Crippen LogP contribution in [0.3, 0.4) is 0 Å². The Morgan fingerprint density at radius 3 is 2.59 bits per heavy atom. The minimum absolute atomic E-state index is 0.103. The summed E-state index contributed by atoms with van der Waals surface area (Å²) in [6.45, 7) is 4.02. The van der Waals surface area contributed by atoms with Crippen molar-refractivity contribution in [3.63, 3.8) is 0 Å². The largest absolute Gasteiger partial charge is 0.288 e. The summed E-state index contributed by atoms with van der Waals surface area (Å²) in [4.78, 5) is 3.95. The van der Waals surface area contributed by atoms with E-state index in [1.807, 2.05) is 19.9 Å². The maximum Gasteiger partial charge on any atom is 0.257 e. The highest BCUT2D eigenvalue weighted by atomic mass is 35.5. The number of hydrogen-bond acceptors (Lipinski definition) is 3. The lowest BCUT2D eigenvalue weighted by atomic mass is 10.1. The molecule has 0 aromatic carbocycles. The Kier molecular flexibility index (Phi) is 2.89. The van der Waals surface area contributed by atoms with Gasteiger partial charge in [0.1, 0.15) is 5.65 Å². The Labute approximate surface area is 104 Å². The Morgan fingerprint density at radius 2 is 2.06 bits per heavy atom. The molecule has 0 fully saturated rings. The summed E-state index contributed by atoms with van der Waals surface area (Å²) >= 11 is 5.79. The van der Waals surface area contributed by atoms with Gasteiger partial charge in [-0.15, -0.1) is 0 Å². The van der Waals surface area contributed by atoms with Crippen LogP contribution in [0.15, 0.2) is 23.4 Å². The monoisotopic (exact) mass is 273 g/mol. The smallest absolute Gasteiger partial charge is 0.257 e. The highest BCUT2D eigenvalue weighted by Crippen LogP contribution is 2.23. The van der Waals surface area contributed by atoms with E-state index in [1.54, 1.807) is 12.3 Å². The molecule has 2 aromatic rings. The van der Waals surface area contributed by atoms with E-state index >= 15 is 0 Å². The van der Waals surface area contributed by atoms with E-state index in [4.69, 9.17) is 16.7 Å². The molecule has 2 aromatic heterocycles. The van der Waals surface area contributed by atoms with Gasteiger partial charge >= 0.3 is 0 Å². The molecule has 0 radical (unpaired) electrons. The van der Waals surface area contributed by atoms with E-state index in [9.17, 15) is 8.42 Å². The Hall–Kier alpha value is -1.11. The summed E-state index contributed by atoms with van der Waals surface area (Å²) in [6, 6.07) is 3.60. The normalized spacial score (nSPS) is 12.5. The highest BCUT2D eigenvalue weighted by Gasteiger charge is 2.20. The highest BCUT2D eigenvalue weighted by molar-refractivity contribution is 7.89. The molecule has 0 spiro atoms. The molecular weight excluding hydrogens is 262 g/mol. The Balaban J connectivity index is 2.83. The first-order valence-corrected chi connectivity index (χ1v) is 6.93. The second kappa shape index (κ2) is 3.97. The standard InChI is InChI=1S/C10H12ClN3O2S/c1-6(2)7-3-4-8-13-9(11)10(14(8)5-7)17(12,15)16/h3-6H,1-2H3,(H2,12,15,16). The van der Waals surface area contributed by atoms with Gasteiger partial charge in [0.25, 0.3) is 10.0 Å². The number of nitrogens with zero attached hydrogens (tertiary/aromatic N) is 2. The average Bonchev–Trinajstić information content (AvgIpc) is 2.51. The number of pyridine rings is 1. The molecule has 0 atom stereocenters. The molecule has 5 nitrogen and oxygen atoms in total. The summed E-state index contributed by atoms with van der Waals surface area (Å²) in [7, 11) is -3.89. The number of hydrogen-bond donors (Lipinski definition) is 1. The molecule has 92 valence electrons. The second-order valence-corrected chi connectivity index (χ2v) is 5.93. The second-order valence-electron chi connectivity index (χ2n) is 4.10. The molecule has 0 unspecified atom stereocenters. The van der Waals surface area contributed by atoms with Crippen molar-refractivity contribution < 1.29 is 8.42 Å². The molecule has 2 rings (SSSR count). The molecule has 0 aliphatic carbocycles. The summed E-state index contributed by atoms with van der Waals surface area (Å²) in [5.41, 5.74) is 1.44. The zero-order valence-corrected chi connectivity index (χ0v) is 11.0. The fourth-order valence-corrected chi connectivity index (χ4v) is 2.81.